The van der Waals surface area contributed by atoms with Crippen LogP contribution in [0.15, 0.2) is 60.7 Å². The number of piperidine rings is 1. The minimum absolute atomic E-state index is 0.0816. The number of carbonyl (C=O) groups excluding carboxylic acids is 2. The van der Waals surface area contributed by atoms with Crippen molar-refractivity contribution in [3.63, 3.8) is 0 Å². The summed E-state index contributed by atoms with van der Waals surface area (Å²) in [6, 6.07) is 16.7. The maximum atomic E-state index is 14.3. The van der Waals surface area contributed by atoms with Gasteiger partial charge in [0.15, 0.2) is 0 Å². The molecule has 2 fully saturated rings. The van der Waals surface area contributed by atoms with Crippen LogP contribution in [-0.2, 0) is 19.7 Å². The zero-order chi connectivity index (χ0) is 27.3. The summed E-state index contributed by atoms with van der Waals surface area (Å²) in [5, 5.41) is 6.37. The third-order valence-corrected chi connectivity index (χ3v) is 8.93. The molecule has 0 bridgehead atoms. The van der Waals surface area contributed by atoms with Crippen LogP contribution in [0.4, 0.5) is 5.69 Å². The van der Waals surface area contributed by atoms with Gasteiger partial charge < -0.3 is 20.1 Å². The Morgan fingerprint density at radius 1 is 0.897 bits per heavy atom. The Balaban J connectivity index is 1.60. The molecule has 6 nitrogen and oxygen atoms in total. The molecule has 3 aliphatic heterocycles. The van der Waals surface area contributed by atoms with Crippen molar-refractivity contribution in [1.82, 2.24) is 5.32 Å². The maximum absolute atomic E-state index is 14.3. The van der Waals surface area contributed by atoms with Crippen molar-refractivity contribution in [3.05, 3.63) is 92.4 Å². The summed E-state index contributed by atoms with van der Waals surface area (Å²) in [4.78, 5) is 27.8. The van der Waals surface area contributed by atoms with Crippen molar-refractivity contribution in [3.8, 4) is 5.75 Å². The second-order valence-electron chi connectivity index (χ2n) is 10.0. The van der Waals surface area contributed by atoms with Gasteiger partial charge in [-0.25, -0.2) is 0 Å². The Bertz CT molecular complexity index is 1460. The zero-order valence-electron chi connectivity index (χ0n) is 20.6. The van der Waals surface area contributed by atoms with Crippen LogP contribution in [0.1, 0.15) is 41.5 Å². The number of fused-ring (bicyclic) bond motifs is 2. The van der Waals surface area contributed by atoms with Gasteiger partial charge in [-0.15, -0.1) is 11.6 Å². The van der Waals surface area contributed by atoms with Gasteiger partial charge in [0, 0.05) is 45.1 Å². The van der Waals surface area contributed by atoms with Crippen LogP contribution in [0, 0.1) is 0 Å². The highest BCUT2D eigenvalue weighted by Gasteiger charge is 2.64. The number of anilines is 1. The van der Waals surface area contributed by atoms with E-state index in [2.05, 4.69) is 10.6 Å². The highest BCUT2D eigenvalue weighted by molar-refractivity contribution is 6.33. The minimum Gasteiger partial charge on any atom is -0.490 e. The Labute approximate surface area is 245 Å². The monoisotopic (exact) mass is 604 g/mol. The van der Waals surface area contributed by atoms with Crippen LogP contribution in [-0.4, -0.2) is 36.5 Å². The van der Waals surface area contributed by atoms with Gasteiger partial charge in [0.1, 0.15) is 22.6 Å². The lowest BCUT2D eigenvalue weighted by Gasteiger charge is -2.48. The molecule has 0 radical (unpaired) electrons. The highest BCUT2D eigenvalue weighted by atomic mass is 35.5. The van der Waals surface area contributed by atoms with Crippen LogP contribution < -0.4 is 15.4 Å². The van der Waals surface area contributed by atoms with Crippen molar-refractivity contribution in [2.24, 2.45) is 0 Å². The predicted molar refractivity (Wildman–Crippen MR) is 152 cm³/mol. The Morgan fingerprint density at radius 2 is 1.62 bits per heavy atom. The number of rotatable bonds is 4. The predicted octanol–water partition coefficient (Wildman–Crippen LogP) is 6.66. The Hall–Kier alpha value is -2.48. The van der Waals surface area contributed by atoms with E-state index in [0.29, 0.717) is 56.4 Å². The van der Waals surface area contributed by atoms with E-state index < -0.39 is 28.7 Å². The highest BCUT2D eigenvalue weighted by Crippen LogP contribution is 2.59. The van der Waals surface area contributed by atoms with E-state index in [1.165, 1.54) is 0 Å². The fraction of sp³-hybridized carbons (Fsp3) is 0.310. The molecule has 3 aliphatic rings. The van der Waals surface area contributed by atoms with Crippen LogP contribution in [0.5, 0.6) is 5.75 Å². The first kappa shape index (κ1) is 26.7. The van der Waals surface area contributed by atoms with E-state index in [-0.39, 0.29) is 12.0 Å². The Morgan fingerprint density at radius 3 is 2.38 bits per heavy atom. The zero-order valence-corrected chi connectivity index (χ0v) is 23.6. The number of nitrogens with one attached hydrogen (secondary N) is 2. The van der Waals surface area contributed by atoms with E-state index >= 15 is 0 Å². The number of hydrogen-bond donors (Lipinski definition) is 2. The first-order valence-electron chi connectivity index (χ1n) is 12.6. The molecule has 3 aromatic carbocycles. The second kappa shape index (κ2) is 10.5. The van der Waals surface area contributed by atoms with Gasteiger partial charge in [0.25, 0.3) is 0 Å². The third-order valence-electron chi connectivity index (χ3n) is 7.78. The lowest BCUT2D eigenvalue weighted by atomic mass is 9.59. The van der Waals surface area contributed by atoms with Gasteiger partial charge in [-0.2, -0.15) is 0 Å². The molecular weight excluding hydrogens is 582 g/mol. The average molecular weight is 606 g/mol. The maximum Gasteiger partial charge on any atom is 0.239 e. The van der Waals surface area contributed by atoms with Crippen molar-refractivity contribution < 1.29 is 19.1 Å². The molecule has 3 heterocycles. The van der Waals surface area contributed by atoms with Gasteiger partial charge >= 0.3 is 0 Å². The van der Waals surface area contributed by atoms with Crippen molar-refractivity contribution in [2.45, 2.75) is 41.7 Å². The summed E-state index contributed by atoms with van der Waals surface area (Å²) in [6.45, 7) is 1.19. The van der Waals surface area contributed by atoms with Gasteiger partial charge in [-0.3, -0.25) is 9.59 Å². The number of alkyl halides is 1. The summed E-state index contributed by atoms with van der Waals surface area (Å²) in [6.07, 6.45) is 1.36. The van der Waals surface area contributed by atoms with Gasteiger partial charge in [-0.1, -0.05) is 53.0 Å². The molecule has 10 heteroatoms. The number of benzene rings is 3. The fourth-order valence-corrected chi connectivity index (χ4v) is 7.06. The molecule has 2 amide bonds. The summed E-state index contributed by atoms with van der Waals surface area (Å²) >= 11 is 26.1. The van der Waals surface area contributed by atoms with Crippen molar-refractivity contribution in [2.75, 3.05) is 18.5 Å². The molecule has 202 valence electrons. The summed E-state index contributed by atoms with van der Waals surface area (Å²) in [5.41, 5.74) is 1.08. The lowest BCUT2D eigenvalue weighted by Crippen LogP contribution is -2.61. The van der Waals surface area contributed by atoms with E-state index in [1.807, 2.05) is 12.1 Å². The quantitative estimate of drug-likeness (QED) is 0.326. The van der Waals surface area contributed by atoms with Gasteiger partial charge in [0.05, 0.1) is 19.3 Å². The summed E-state index contributed by atoms with van der Waals surface area (Å²) in [5.74, 6) is -0.986. The number of carbonyl (C=O) groups is 2. The normalized spacial score (nSPS) is 26.7. The molecule has 6 rings (SSSR count). The number of amides is 2. The van der Waals surface area contributed by atoms with E-state index in [4.69, 9.17) is 55.9 Å². The van der Waals surface area contributed by atoms with Crippen LogP contribution in [0.2, 0.25) is 15.1 Å². The smallest absolute Gasteiger partial charge is 0.239 e. The number of ether oxygens (including phenoxy) is 2. The molecule has 0 aromatic heterocycles. The van der Waals surface area contributed by atoms with E-state index in [1.54, 1.807) is 48.5 Å². The third kappa shape index (κ3) is 4.56. The van der Waals surface area contributed by atoms with Crippen molar-refractivity contribution >= 4 is 63.9 Å². The van der Waals surface area contributed by atoms with Gasteiger partial charge in [0.2, 0.25) is 11.8 Å². The molecule has 2 saturated heterocycles. The molecular formula is C29H24Cl4N2O4. The molecule has 1 spiro atoms. The Kier molecular flexibility index (Phi) is 7.19. The van der Waals surface area contributed by atoms with Crippen molar-refractivity contribution in [1.29, 1.82) is 0 Å². The molecule has 0 aliphatic carbocycles. The molecule has 39 heavy (non-hydrogen) atoms. The van der Waals surface area contributed by atoms with Crippen LogP contribution in [0.3, 0.4) is 0 Å². The molecule has 4 atom stereocenters. The SMILES string of the molecule is O=C1N[C@@H](c2cc(Cl)ccc2OC2CCOCC2)[C@@]2(C(=O)Nc3cc(Cl)ccc32)[C@H](c2cccc(Cl)c2)[C@@H]1Cl. The first-order valence-corrected chi connectivity index (χ1v) is 14.2. The molecule has 0 unspecified atom stereocenters. The van der Waals surface area contributed by atoms with Crippen LogP contribution in [0.25, 0.3) is 0 Å². The lowest BCUT2D eigenvalue weighted by molar-refractivity contribution is -0.131. The minimum atomic E-state index is -1.37. The van der Waals surface area contributed by atoms with Crippen LogP contribution >= 0.6 is 46.4 Å². The molecule has 2 N–H and O–H groups in total. The number of hydrogen-bond acceptors (Lipinski definition) is 4. The number of halogens is 4. The largest absolute Gasteiger partial charge is 0.490 e. The molecule has 0 saturated carbocycles. The topological polar surface area (TPSA) is 76.7 Å². The van der Waals surface area contributed by atoms with Gasteiger partial charge in [-0.05, 0) is 53.6 Å². The first-order chi connectivity index (χ1) is 18.8. The summed E-state index contributed by atoms with van der Waals surface area (Å²) < 4.78 is 12.0. The standard InChI is InChI=1S/C29H24Cl4N2O4/c30-16-3-1-2-15(12-16)24-25(33)27(36)35-26(29(24)21-6-4-18(32)14-22(21)34-28(29)37)20-13-17(31)5-7-23(20)39-19-8-10-38-11-9-19/h1-7,12-14,19,24-26H,8-11H2,(H,34,37)(H,35,36)/t24-,25+,26+,29+/m1/s1. The fourth-order valence-electron chi connectivity index (χ4n) is 6.10. The molecule has 3 aromatic rings. The van der Waals surface area contributed by atoms with E-state index in [9.17, 15) is 9.59 Å². The second-order valence-corrected chi connectivity index (χ2v) is 11.8. The van der Waals surface area contributed by atoms with E-state index in [0.717, 1.165) is 12.8 Å². The summed E-state index contributed by atoms with van der Waals surface area (Å²) in [7, 11) is 0. The average Bonchev–Trinajstić information content (AvgIpc) is 3.19.